The Morgan fingerprint density at radius 3 is 2.36 bits per heavy atom. The molecule has 2 rings (SSSR count). The van der Waals surface area contributed by atoms with Crippen LogP contribution < -0.4 is 16.0 Å². The van der Waals surface area contributed by atoms with Gasteiger partial charge in [-0.1, -0.05) is 0 Å². The van der Waals surface area contributed by atoms with Crippen molar-refractivity contribution in [2.45, 2.75) is 33.4 Å². The predicted molar refractivity (Wildman–Crippen MR) is 88.6 cm³/mol. The third kappa shape index (κ3) is 3.19. The summed E-state index contributed by atoms with van der Waals surface area (Å²) in [4.78, 5) is 12.4. The number of nitrogen functional groups attached to an aromatic ring is 1. The van der Waals surface area contributed by atoms with E-state index < -0.39 is 0 Å². The van der Waals surface area contributed by atoms with Crippen LogP contribution >= 0.6 is 0 Å². The number of nitrogens with two attached hydrogens (primary N) is 1. The van der Waals surface area contributed by atoms with Gasteiger partial charge in [-0.15, -0.1) is 0 Å². The lowest BCUT2D eigenvalue weighted by atomic mass is 10.1. The van der Waals surface area contributed by atoms with Crippen LogP contribution in [-0.4, -0.2) is 16.5 Å². The molecule has 0 unspecified atom stereocenters. The Morgan fingerprint density at radius 1 is 1.23 bits per heavy atom. The summed E-state index contributed by atoms with van der Waals surface area (Å²) in [5.41, 5.74) is 7.15. The summed E-state index contributed by atoms with van der Waals surface area (Å²) in [6.45, 7) is 6.36. The van der Waals surface area contributed by atoms with Crippen LogP contribution in [0.2, 0.25) is 0 Å². The van der Waals surface area contributed by atoms with Crippen LogP contribution in [0.15, 0.2) is 41.2 Å². The SMILES string of the molecule is CCn1c(-c2ccc(OC(C)C)cc2)ccc(C(=N)N)c1=O. The molecule has 0 aliphatic carbocycles. The molecule has 0 aliphatic heterocycles. The maximum atomic E-state index is 12.4. The third-order valence-electron chi connectivity index (χ3n) is 3.30. The van der Waals surface area contributed by atoms with Gasteiger partial charge in [0.1, 0.15) is 11.6 Å². The average molecular weight is 299 g/mol. The van der Waals surface area contributed by atoms with Crippen LogP contribution in [0.5, 0.6) is 5.75 Å². The lowest BCUT2D eigenvalue weighted by molar-refractivity contribution is 0.242. The highest BCUT2D eigenvalue weighted by Crippen LogP contribution is 2.22. The van der Waals surface area contributed by atoms with Crippen LogP contribution in [0.3, 0.4) is 0 Å². The first-order chi connectivity index (χ1) is 10.4. The van der Waals surface area contributed by atoms with Gasteiger partial charge in [-0.25, -0.2) is 0 Å². The van der Waals surface area contributed by atoms with E-state index in [0.717, 1.165) is 17.0 Å². The first-order valence-electron chi connectivity index (χ1n) is 7.29. The molecule has 2 aromatic rings. The Morgan fingerprint density at radius 2 is 1.86 bits per heavy atom. The highest BCUT2D eigenvalue weighted by molar-refractivity contribution is 5.94. The van der Waals surface area contributed by atoms with Gasteiger partial charge in [0.2, 0.25) is 0 Å². The van der Waals surface area contributed by atoms with E-state index in [4.69, 9.17) is 15.9 Å². The van der Waals surface area contributed by atoms with Crippen molar-refractivity contribution < 1.29 is 4.74 Å². The molecule has 1 heterocycles. The molecular formula is C17H21N3O2. The van der Waals surface area contributed by atoms with Crippen LogP contribution in [0.1, 0.15) is 26.3 Å². The summed E-state index contributed by atoms with van der Waals surface area (Å²) < 4.78 is 7.24. The van der Waals surface area contributed by atoms with E-state index in [2.05, 4.69) is 0 Å². The molecule has 116 valence electrons. The number of hydrogen-bond donors (Lipinski definition) is 2. The standard InChI is InChI=1S/C17H21N3O2/c1-4-20-15(10-9-14(16(18)19)17(20)21)12-5-7-13(8-6-12)22-11(2)3/h5-11H,4H2,1-3H3,(H3,18,19). The van der Waals surface area contributed by atoms with Gasteiger partial charge in [0.05, 0.1) is 17.4 Å². The highest BCUT2D eigenvalue weighted by atomic mass is 16.5. The maximum Gasteiger partial charge on any atom is 0.261 e. The van der Waals surface area contributed by atoms with E-state index in [1.807, 2.05) is 51.1 Å². The zero-order chi connectivity index (χ0) is 16.3. The van der Waals surface area contributed by atoms with E-state index >= 15 is 0 Å². The fraction of sp³-hybridized carbons (Fsp3) is 0.294. The van der Waals surface area contributed by atoms with Crippen LogP contribution in [0, 0.1) is 5.41 Å². The number of aromatic nitrogens is 1. The van der Waals surface area contributed by atoms with Crippen LogP contribution in [0.4, 0.5) is 0 Å². The summed E-state index contributed by atoms with van der Waals surface area (Å²) in [5.74, 6) is 0.587. The molecule has 0 saturated carbocycles. The van der Waals surface area contributed by atoms with E-state index in [0.29, 0.717) is 6.54 Å². The fourth-order valence-corrected chi connectivity index (χ4v) is 2.33. The molecule has 0 saturated heterocycles. The molecule has 0 atom stereocenters. The van der Waals surface area contributed by atoms with Crippen molar-refractivity contribution in [1.82, 2.24) is 4.57 Å². The highest BCUT2D eigenvalue weighted by Gasteiger charge is 2.11. The average Bonchev–Trinajstić information content (AvgIpc) is 2.46. The number of hydrogen-bond acceptors (Lipinski definition) is 3. The number of nitrogens with one attached hydrogen (secondary N) is 1. The van der Waals surface area contributed by atoms with E-state index in [-0.39, 0.29) is 23.1 Å². The number of amidine groups is 1. The fourth-order valence-electron chi connectivity index (χ4n) is 2.33. The summed E-state index contributed by atoms with van der Waals surface area (Å²) in [7, 11) is 0. The monoisotopic (exact) mass is 299 g/mol. The van der Waals surface area contributed by atoms with Crippen molar-refractivity contribution in [3.8, 4) is 17.0 Å². The first-order valence-corrected chi connectivity index (χ1v) is 7.29. The summed E-state index contributed by atoms with van der Waals surface area (Å²) in [6, 6.07) is 11.0. The molecule has 0 aliphatic rings. The van der Waals surface area contributed by atoms with Crippen molar-refractivity contribution in [2.24, 2.45) is 5.73 Å². The molecule has 0 bridgehead atoms. The Labute approximate surface area is 129 Å². The van der Waals surface area contributed by atoms with Crippen molar-refractivity contribution >= 4 is 5.84 Å². The van der Waals surface area contributed by atoms with Crippen molar-refractivity contribution in [3.05, 3.63) is 52.3 Å². The van der Waals surface area contributed by atoms with Gasteiger partial charge in [0, 0.05) is 6.54 Å². The van der Waals surface area contributed by atoms with Crippen LogP contribution in [-0.2, 0) is 6.54 Å². The summed E-state index contributed by atoms with van der Waals surface area (Å²) in [5, 5.41) is 7.46. The van der Waals surface area contributed by atoms with Gasteiger partial charge < -0.3 is 15.0 Å². The number of rotatable bonds is 5. The molecule has 22 heavy (non-hydrogen) atoms. The molecule has 1 aromatic heterocycles. The number of ether oxygens (including phenoxy) is 1. The molecule has 0 fully saturated rings. The Kier molecular flexibility index (Phi) is 4.65. The lowest BCUT2D eigenvalue weighted by Crippen LogP contribution is -2.29. The van der Waals surface area contributed by atoms with Crippen LogP contribution in [0.25, 0.3) is 11.3 Å². The van der Waals surface area contributed by atoms with Crippen molar-refractivity contribution in [1.29, 1.82) is 5.41 Å². The minimum absolute atomic E-state index is 0.120. The summed E-state index contributed by atoms with van der Waals surface area (Å²) >= 11 is 0. The molecule has 5 heteroatoms. The molecule has 1 aromatic carbocycles. The van der Waals surface area contributed by atoms with E-state index in [1.165, 1.54) is 0 Å². The van der Waals surface area contributed by atoms with Gasteiger partial charge in [-0.05, 0) is 62.7 Å². The van der Waals surface area contributed by atoms with Gasteiger partial charge in [-0.3, -0.25) is 10.2 Å². The topological polar surface area (TPSA) is 81.1 Å². The number of benzene rings is 1. The second kappa shape index (κ2) is 6.47. The second-order valence-corrected chi connectivity index (χ2v) is 5.29. The largest absolute Gasteiger partial charge is 0.491 e. The maximum absolute atomic E-state index is 12.4. The Balaban J connectivity index is 2.46. The van der Waals surface area contributed by atoms with Gasteiger partial charge >= 0.3 is 0 Å². The molecule has 0 radical (unpaired) electrons. The number of nitrogens with zero attached hydrogens (tertiary/aromatic N) is 1. The van der Waals surface area contributed by atoms with E-state index in [1.54, 1.807) is 10.6 Å². The van der Waals surface area contributed by atoms with Gasteiger partial charge in [-0.2, -0.15) is 0 Å². The smallest absolute Gasteiger partial charge is 0.261 e. The summed E-state index contributed by atoms with van der Waals surface area (Å²) in [6.07, 6.45) is 0.120. The van der Waals surface area contributed by atoms with Gasteiger partial charge in [0.15, 0.2) is 0 Å². The normalized spacial score (nSPS) is 10.7. The molecule has 0 spiro atoms. The quantitative estimate of drug-likeness (QED) is 0.657. The molecule has 0 amide bonds. The molecular weight excluding hydrogens is 278 g/mol. The Bertz CT molecular complexity index is 731. The predicted octanol–water partition coefficient (Wildman–Crippen LogP) is 2.61. The minimum Gasteiger partial charge on any atom is -0.491 e. The Hall–Kier alpha value is -2.56. The first kappa shape index (κ1) is 15.8. The number of pyridine rings is 1. The van der Waals surface area contributed by atoms with Gasteiger partial charge in [0.25, 0.3) is 5.56 Å². The zero-order valence-electron chi connectivity index (χ0n) is 13.1. The van der Waals surface area contributed by atoms with Crippen molar-refractivity contribution in [2.75, 3.05) is 0 Å². The lowest BCUT2D eigenvalue weighted by Gasteiger charge is -2.14. The molecule has 3 N–H and O–H groups in total. The second-order valence-electron chi connectivity index (χ2n) is 5.29. The third-order valence-corrected chi connectivity index (χ3v) is 3.30. The van der Waals surface area contributed by atoms with E-state index in [9.17, 15) is 4.79 Å². The molecule has 5 nitrogen and oxygen atoms in total. The minimum atomic E-state index is -0.241. The zero-order valence-corrected chi connectivity index (χ0v) is 13.1. The van der Waals surface area contributed by atoms with Crippen molar-refractivity contribution in [3.63, 3.8) is 0 Å².